The van der Waals surface area contributed by atoms with Crippen LogP contribution in [0.4, 0.5) is 0 Å². The van der Waals surface area contributed by atoms with E-state index in [1.165, 1.54) is 5.56 Å². The van der Waals surface area contributed by atoms with Crippen molar-refractivity contribution < 1.29 is 4.79 Å². The first-order chi connectivity index (χ1) is 9.24. The molecule has 4 heteroatoms. The molecule has 2 aromatic rings. The summed E-state index contributed by atoms with van der Waals surface area (Å²) >= 11 is 5.88. The minimum Gasteiger partial charge on any atom is -0.334 e. The van der Waals surface area contributed by atoms with Gasteiger partial charge in [-0.05, 0) is 35.7 Å². The SMILES string of the molecule is O=C(c1ccccc1)N1CCc2cc(Cl)ncc2C1. The largest absolute Gasteiger partial charge is 0.334 e. The summed E-state index contributed by atoms with van der Waals surface area (Å²) in [6.07, 6.45) is 2.60. The monoisotopic (exact) mass is 272 g/mol. The summed E-state index contributed by atoms with van der Waals surface area (Å²) in [5, 5.41) is 0.515. The van der Waals surface area contributed by atoms with Crippen molar-refractivity contribution in [2.24, 2.45) is 0 Å². The van der Waals surface area contributed by atoms with E-state index >= 15 is 0 Å². The van der Waals surface area contributed by atoms with Crippen LogP contribution in [0.5, 0.6) is 0 Å². The van der Waals surface area contributed by atoms with E-state index < -0.39 is 0 Å². The summed E-state index contributed by atoms with van der Waals surface area (Å²) in [5.41, 5.74) is 3.00. The highest BCUT2D eigenvalue weighted by Crippen LogP contribution is 2.22. The van der Waals surface area contributed by atoms with Gasteiger partial charge in [0.2, 0.25) is 0 Å². The summed E-state index contributed by atoms with van der Waals surface area (Å²) < 4.78 is 0. The maximum absolute atomic E-state index is 12.4. The van der Waals surface area contributed by atoms with Crippen LogP contribution in [0.15, 0.2) is 42.6 Å². The first-order valence-corrected chi connectivity index (χ1v) is 6.59. The molecule has 0 radical (unpaired) electrons. The Morgan fingerprint density at radius 2 is 2.00 bits per heavy atom. The van der Waals surface area contributed by atoms with Gasteiger partial charge in [0, 0.05) is 24.8 Å². The Morgan fingerprint density at radius 1 is 1.21 bits per heavy atom. The summed E-state index contributed by atoms with van der Waals surface area (Å²) in [4.78, 5) is 18.3. The number of hydrogen-bond acceptors (Lipinski definition) is 2. The fourth-order valence-electron chi connectivity index (χ4n) is 2.35. The van der Waals surface area contributed by atoms with Gasteiger partial charge in [0.25, 0.3) is 5.91 Å². The number of fused-ring (bicyclic) bond motifs is 1. The van der Waals surface area contributed by atoms with Gasteiger partial charge >= 0.3 is 0 Å². The predicted octanol–water partition coefficient (Wildman–Crippen LogP) is 2.93. The van der Waals surface area contributed by atoms with Gasteiger partial charge in [0.1, 0.15) is 5.15 Å². The van der Waals surface area contributed by atoms with Crippen LogP contribution in [-0.2, 0) is 13.0 Å². The molecule has 3 rings (SSSR count). The molecule has 0 aliphatic carbocycles. The van der Waals surface area contributed by atoms with Crippen LogP contribution in [0, 0.1) is 0 Å². The zero-order valence-corrected chi connectivity index (χ0v) is 11.1. The van der Waals surface area contributed by atoms with E-state index in [9.17, 15) is 4.79 Å². The molecule has 0 saturated heterocycles. The molecule has 0 spiro atoms. The molecule has 0 saturated carbocycles. The lowest BCUT2D eigenvalue weighted by Gasteiger charge is -2.28. The summed E-state index contributed by atoms with van der Waals surface area (Å²) in [7, 11) is 0. The molecule has 1 amide bonds. The van der Waals surface area contributed by atoms with E-state index in [1.54, 1.807) is 6.20 Å². The molecule has 0 unspecified atom stereocenters. The van der Waals surface area contributed by atoms with Crippen LogP contribution >= 0.6 is 11.6 Å². The normalized spacial score (nSPS) is 14.1. The maximum atomic E-state index is 12.4. The highest BCUT2D eigenvalue weighted by molar-refractivity contribution is 6.29. The number of pyridine rings is 1. The van der Waals surface area contributed by atoms with Crippen molar-refractivity contribution in [1.29, 1.82) is 0 Å². The van der Waals surface area contributed by atoms with Gasteiger partial charge in [-0.1, -0.05) is 29.8 Å². The second kappa shape index (κ2) is 5.02. The van der Waals surface area contributed by atoms with Gasteiger partial charge < -0.3 is 4.90 Å². The van der Waals surface area contributed by atoms with Gasteiger partial charge in [-0.15, -0.1) is 0 Å². The molecular formula is C15H13ClN2O. The second-order valence-electron chi connectivity index (χ2n) is 4.62. The maximum Gasteiger partial charge on any atom is 0.254 e. The fourth-order valence-corrected chi connectivity index (χ4v) is 2.53. The highest BCUT2D eigenvalue weighted by atomic mass is 35.5. The number of hydrogen-bond donors (Lipinski definition) is 0. The summed E-state index contributed by atoms with van der Waals surface area (Å²) in [6, 6.07) is 11.3. The van der Waals surface area contributed by atoms with E-state index in [2.05, 4.69) is 4.98 Å². The third-order valence-electron chi connectivity index (χ3n) is 3.37. The Labute approximate surface area is 116 Å². The van der Waals surface area contributed by atoms with Crippen LogP contribution < -0.4 is 0 Å². The van der Waals surface area contributed by atoms with Crippen molar-refractivity contribution in [3.63, 3.8) is 0 Å². The Balaban J connectivity index is 1.82. The molecule has 2 heterocycles. The lowest BCUT2D eigenvalue weighted by atomic mass is 10.0. The van der Waals surface area contributed by atoms with Gasteiger partial charge in [-0.3, -0.25) is 4.79 Å². The third-order valence-corrected chi connectivity index (χ3v) is 3.58. The van der Waals surface area contributed by atoms with Crippen LogP contribution in [0.25, 0.3) is 0 Å². The molecule has 0 fully saturated rings. The van der Waals surface area contributed by atoms with Gasteiger partial charge in [-0.25, -0.2) is 4.98 Å². The number of nitrogens with zero attached hydrogens (tertiary/aromatic N) is 2. The van der Waals surface area contributed by atoms with Gasteiger partial charge in [-0.2, -0.15) is 0 Å². The lowest BCUT2D eigenvalue weighted by molar-refractivity contribution is 0.0734. The first-order valence-electron chi connectivity index (χ1n) is 6.21. The quantitative estimate of drug-likeness (QED) is 0.748. The van der Waals surface area contributed by atoms with Gasteiger partial charge in [0.15, 0.2) is 0 Å². The molecule has 19 heavy (non-hydrogen) atoms. The molecule has 1 aromatic heterocycles. The Morgan fingerprint density at radius 3 is 2.79 bits per heavy atom. The van der Waals surface area contributed by atoms with E-state index in [-0.39, 0.29) is 5.91 Å². The molecule has 0 atom stereocenters. The van der Waals surface area contributed by atoms with Crippen molar-refractivity contribution in [2.75, 3.05) is 6.54 Å². The number of carbonyl (C=O) groups is 1. The Kier molecular flexibility index (Phi) is 3.22. The van der Waals surface area contributed by atoms with Crippen molar-refractivity contribution >= 4 is 17.5 Å². The number of rotatable bonds is 1. The molecular weight excluding hydrogens is 260 g/mol. The standard InChI is InChI=1S/C15H13ClN2O/c16-14-8-12-6-7-18(10-13(12)9-17-14)15(19)11-4-2-1-3-5-11/h1-5,8-9H,6-7,10H2. The second-order valence-corrected chi connectivity index (χ2v) is 5.01. The minimum absolute atomic E-state index is 0.0706. The van der Waals surface area contributed by atoms with E-state index in [1.807, 2.05) is 41.3 Å². The molecule has 1 aromatic carbocycles. The summed E-state index contributed by atoms with van der Waals surface area (Å²) in [5.74, 6) is 0.0706. The van der Waals surface area contributed by atoms with Crippen molar-refractivity contribution in [1.82, 2.24) is 9.88 Å². The molecule has 1 aliphatic heterocycles. The number of halogens is 1. The van der Waals surface area contributed by atoms with Crippen LogP contribution in [0.1, 0.15) is 21.5 Å². The summed E-state index contributed by atoms with van der Waals surface area (Å²) in [6.45, 7) is 1.33. The van der Waals surface area contributed by atoms with E-state index in [0.29, 0.717) is 11.7 Å². The van der Waals surface area contributed by atoms with Crippen molar-refractivity contribution in [2.45, 2.75) is 13.0 Å². The minimum atomic E-state index is 0.0706. The lowest BCUT2D eigenvalue weighted by Crippen LogP contribution is -2.36. The average molecular weight is 273 g/mol. The number of aromatic nitrogens is 1. The zero-order valence-electron chi connectivity index (χ0n) is 10.3. The average Bonchev–Trinajstić information content (AvgIpc) is 2.47. The van der Waals surface area contributed by atoms with E-state index in [0.717, 1.165) is 24.1 Å². The van der Waals surface area contributed by atoms with E-state index in [4.69, 9.17) is 11.6 Å². The molecule has 1 aliphatic rings. The highest BCUT2D eigenvalue weighted by Gasteiger charge is 2.21. The molecule has 96 valence electrons. The first kappa shape index (κ1) is 12.2. The topological polar surface area (TPSA) is 33.2 Å². The molecule has 0 N–H and O–H groups in total. The fraction of sp³-hybridized carbons (Fsp3) is 0.200. The van der Waals surface area contributed by atoms with Crippen LogP contribution in [0.2, 0.25) is 5.15 Å². The number of benzene rings is 1. The smallest absolute Gasteiger partial charge is 0.254 e. The Hall–Kier alpha value is -1.87. The number of amides is 1. The van der Waals surface area contributed by atoms with Crippen molar-refractivity contribution in [3.8, 4) is 0 Å². The van der Waals surface area contributed by atoms with Gasteiger partial charge in [0.05, 0.1) is 0 Å². The Bertz CT molecular complexity index is 613. The predicted molar refractivity (Wildman–Crippen MR) is 74.1 cm³/mol. The molecule has 3 nitrogen and oxygen atoms in total. The zero-order chi connectivity index (χ0) is 13.2. The van der Waals surface area contributed by atoms with Crippen molar-refractivity contribution in [3.05, 3.63) is 64.4 Å². The third kappa shape index (κ3) is 2.47. The number of carbonyl (C=O) groups excluding carboxylic acids is 1. The molecule has 0 bridgehead atoms. The van der Waals surface area contributed by atoms with Crippen LogP contribution in [0.3, 0.4) is 0 Å². The van der Waals surface area contributed by atoms with Crippen LogP contribution in [-0.4, -0.2) is 22.3 Å².